The van der Waals surface area contributed by atoms with Crippen molar-refractivity contribution in [2.75, 3.05) is 13.2 Å². The fourth-order valence-corrected chi connectivity index (χ4v) is 2.33. The van der Waals surface area contributed by atoms with Crippen LogP contribution < -0.4 is 10.6 Å². The van der Waals surface area contributed by atoms with Gasteiger partial charge in [0.1, 0.15) is 5.82 Å². The van der Waals surface area contributed by atoms with Gasteiger partial charge < -0.3 is 20.7 Å². The molecule has 2 amide bonds. The van der Waals surface area contributed by atoms with Crippen LogP contribution in [-0.2, 0) is 0 Å². The number of fused-ring (bicyclic) bond motifs is 1. The van der Waals surface area contributed by atoms with Crippen molar-refractivity contribution in [3.63, 3.8) is 0 Å². The van der Waals surface area contributed by atoms with Crippen molar-refractivity contribution >= 4 is 17.1 Å². The van der Waals surface area contributed by atoms with Gasteiger partial charge >= 0.3 is 6.03 Å². The maximum Gasteiger partial charge on any atom is 0.315 e. The van der Waals surface area contributed by atoms with Gasteiger partial charge in [0.2, 0.25) is 0 Å². The average molecular weight is 288 g/mol. The summed E-state index contributed by atoms with van der Waals surface area (Å²) in [6, 6.07) is 7.32. The molecule has 1 saturated carbocycles. The zero-order valence-electron chi connectivity index (χ0n) is 12.0. The summed E-state index contributed by atoms with van der Waals surface area (Å²) in [5.41, 5.74) is 1.76. The van der Waals surface area contributed by atoms with Gasteiger partial charge in [0.05, 0.1) is 23.7 Å². The van der Waals surface area contributed by atoms with Crippen LogP contribution in [0.15, 0.2) is 24.3 Å². The van der Waals surface area contributed by atoms with Crippen molar-refractivity contribution in [2.24, 2.45) is 5.41 Å². The lowest BCUT2D eigenvalue weighted by Crippen LogP contribution is -2.40. The Morgan fingerprint density at radius 2 is 2.24 bits per heavy atom. The lowest BCUT2D eigenvalue weighted by atomic mass is 10.1. The maximum absolute atomic E-state index is 11.9. The quantitative estimate of drug-likeness (QED) is 0.675. The molecule has 0 aliphatic heterocycles. The molecular formula is C15H20N4O2. The number of amides is 2. The third kappa shape index (κ3) is 3.00. The van der Waals surface area contributed by atoms with Crippen LogP contribution in [0.25, 0.3) is 11.0 Å². The molecule has 0 radical (unpaired) electrons. The van der Waals surface area contributed by atoms with Gasteiger partial charge in [0, 0.05) is 12.0 Å². The number of urea groups is 1. The Morgan fingerprint density at radius 1 is 1.48 bits per heavy atom. The zero-order valence-corrected chi connectivity index (χ0v) is 12.0. The first-order valence-electron chi connectivity index (χ1n) is 7.22. The van der Waals surface area contributed by atoms with Crippen molar-refractivity contribution in [1.29, 1.82) is 0 Å². The number of carbonyl (C=O) groups is 1. The number of imidazole rings is 1. The molecule has 0 saturated heterocycles. The number of rotatable bonds is 5. The summed E-state index contributed by atoms with van der Waals surface area (Å²) < 4.78 is 0. The predicted octanol–water partition coefficient (Wildman–Crippen LogP) is 1.70. The Labute approximate surface area is 123 Å². The minimum absolute atomic E-state index is 0.0834. The number of aliphatic hydroxyl groups excluding tert-OH is 1. The van der Waals surface area contributed by atoms with Gasteiger partial charge in [0.25, 0.3) is 0 Å². The molecule has 1 aromatic carbocycles. The number of nitrogens with zero attached hydrogens (tertiary/aromatic N) is 1. The van der Waals surface area contributed by atoms with Crippen molar-refractivity contribution < 1.29 is 9.90 Å². The fraction of sp³-hybridized carbons (Fsp3) is 0.467. The van der Waals surface area contributed by atoms with E-state index in [1.165, 1.54) is 0 Å². The van der Waals surface area contributed by atoms with Crippen LogP contribution in [0.3, 0.4) is 0 Å². The number of nitrogens with one attached hydrogen (secondary N) is 3. The molecule has 1 atom stereocenters. The Hall–Kier alpha value is -2.08. The third-order valence-corrected chi connectivity index (χ3v) is 4.08. The number of para-hydroxylation sites is 2. The molecule has 0 bridgehead atoms. The molecule has 6 heteroatoms. The van der Waals surface area contributed by atoms with E-state index in [2.05, 4.69) is 20.6 Å². The molecule has 21 heavy (non-hydrogen) atoms. The van der Waals surface area contributed by atoms with Gasteiger partial charge in [-0.1, -0.05) is 12.1 Å². The van der Waals surface area contributed by atoms with Crippen molar-refractivity contribution in [3.8, 4) is 0 Å². The number of aromatic nitrogens is 2. The van der Waals surface area contributed by atoms with Crippen LogP contribution in [0.4, 0.5) is 4.79 Å². The average Bonchev–Trinajstić information content (AvgIpc) is 3.14. The summed E-state index contributed by atoms with van der Waals surface area (Å²) in [5, 5.41) is 14.9. The normalized spacial score (nSPS) is 17.4. The van der Waals surface area contributed by atoms with Gasteiger partial charge in [-0.15, -0.1) is 0 Å². The van der Waals surface area contributed by atoms with Crippen LogP contribution in [0, 0.1) is 5.41 Å². The van der Waals surface area contributed by atoms with Crippen molar-refractivity contribution in [1.82, 2.24) is 20.6 Å². The molecule has 1 fully saturated rings. The summed E-state index contributed by atoms with van der Waals surface area (Å²) in [6.07, 6.45) is 1.95. The summed E-state index contributed by atoms with van der Waals surface area (Å²) >= 11 is 0. The minimum atomic E-state index is -0.234. The molecule has 1 aliphatic carbocycles. The summed E-state index contributed by atoms with van der Waals surface area (Å²) in [5.74, 6) is 0.731. The molecule has 0 spiro atoms. The summed E-state index contributed by atoms with van der Waals surface area (Å²) in [4.78, 5) is 19.6. The molecule has 112 valence electrons. The second kappa shape index (κ2) is 5.37. The number of H-pyrrole nitrogens is 1. The fourth-order valence-electron chi connectivity index (χ4n) is 2.33. The van der Waals surface area contributed by atoms with Gasteiger partial charge in [-0.25, -0.2) is 9.78 Å². The molecule has 4 N–H and O–H groups in total. The van der Waals surface area contributed by atoms with Crippen LogP contribution in [0.5, 0.6) is 0 Å². The highest BCUT2D eigenvalue weighted by molar-refractivity contribution is 5.76. The Kier molecular flexibility index (Phi) is 3.55. The van der Waals surface area contributed by atoms with E-state index < -0.39 is 0 Å². The highest BCUT2D eigenvalue weighted by Crippen LogP contribution is 2.44. The number of benzene rings is 1. The Bertz CT molecular complexity index is 615. The van der Waals surface area contributed by atoms with E-state index in [0.29, 0.717) is 6.54 Å². The molecule has 2 aromatic rings. The first-order valence-corrected chi connectivity index (χ1v) is 7.22. The first-order chi connectivity index (χ1) is 10.1. The standard InChI is InChI=1S/C15H20N4O2/c1-10(13-18-11-4-2-3-5-12(11)19-13)17-14(21)16-8-15(9-20)6-7-15/h2-5,10,20H,6-9H2,1H3,(H,18,19)(H2,16,17,21). The number of carbonyl (C=O) groups excluding carboxylic acids is 1. The van der Waals surface area contributed by atoms with Crippen LogP contribution in [0.2, 0.25) is 0 Å². The van der Waals surface area contributed by atoms with E-state index in [-0.39, 0.29) is 24.1 Å². The van der Waals surface area contributed by atoms with E-state index in [9.17, 15) is 9.90 Å². The van der Waals surface area contributed by atoms with E-state index in [1.54, 1.807) is 0 Å². The number of aliphatic hydroxyl groups is 1. The summed E-state index contributed by atoms with van der Waals surface area (Å²) in [6.45, 7) is 2.53. The van der Waals surface area contributed by atoms with Crippen molar-refractivity contribution in [3.05, 3.63) is 30.1 Å². The number of hydrogen-bond acceptors (Lipinski definition) is 3. The third-order valence-electron chi connectivity index (χ3n) is 4.08. The van der Waals surface area contributed by atoms with Gasteiger partial charge in [-0.3, -0.25) is 0 Å². The minimum Gasteiger partial charge on any atom is -0.396 e. The first kappa shape index (κ1) is 13.9. The molecule has 1 heterocycles. The highest BCUT2D eigenvalue weighted by atomic mass is 16.3. The van der Waals surface area contributed by atoms with Crippen LogP contribution >= 0.6 is 0 Å². The molecule has 1 aliphatic rings. The lowest BCUT2D eigenvalue weighted by molar-refractivity contribution is 0.202. The second-order valence-corrected chi connectivity index (χ2v) is 5.85. The molecule has 6 nitrogen and oxygen atoms in total. The molecule has 1 unspecified atom stereocenters. The SMILES string of the molecule is CC(NC(=O)NCC1(CO)CC1)c1nc2ccccc2[nH]1. The second-order valence-electron chi connectivity index (χ2n) is 5.85. The Balaban J connectivity index is 1.57. The van der Waals surface area contributed by atoms with Gasteiger partial charge in [-0.2, -0.15) is 0 Å². The van der Waals surface area contributed by atoms with Crippen LogP contribution in [-0.4, -0.2) is 34.3 Å². The topological polar surface area (TPSA) is 90.0 Å². The number of aromatic amines is 1. The van der Waals surface area contributed by atoms with Crippen LogP contribution in [0.1, 0.15) is 31.6 Å². The predicted molar refractivity (Wildman–Crippen MR) is 79.8 cm³/mol. The van der Waals surface area contributed by atoms with Gasteiger partial charge in [-0.05, 0) is 31.9 Å². The zero-order chi connectivity index (χ0) is 14.9. The Morgan fingerprint density at radius 3 is 2.90 bits per heavy atom. The van der Waals surface area contributed by atoms with E-state index in [4.69, 9.17) is 0 Å². The smallest absolute Gasteiger partial charge is 0.315 e. The van der Waals surface area contributed by atoms with Gasteiger partial charge in [0.15, 0.2) is 0 Å². The molecule has 1 aromatic heterocycles. The van der Waals surface area contributed by atoms with E-state index in [1.807, 2.05) is 31.2 Å². The van der Waals surface area contributed by atoms with Crippen molar-refractivity contribution in [2.45, 2.75) is 25.8 Å². The molecular weight excluding hydrogens is 268 g/mol. The van der Waals surface area contributed by atoms with E-state index in [0.717, 1.165) is 29.7 Å². The maximum atomic E-state index is 11.9. The molecule has 3 rings (SSSR count). The lowest BCUT2D eigenvalue weighted by Gasteiger charge is -2.16. The number of hydrogen-bond donors (Lipinski definition) is 4. The van der Waals surface area contributed by atoms with E-state index >= 15 is 0 Å². The largest absolute Gasteiger partial charge is 0.396 e. The monoisotopic (exact) mass is 288 g/mol. The summed E-state index contributed by atoms with van der Waals surface area (Å²) in [7, 11) is 0. The highest BCUT2D eigenvalue weighted by Gasteiger charge is 2.42.